The Balaban J connectivity index is 2.28. The van der Waals surface area contributed by atoms with Crippen molar-refractivity contribution in [1.29, 1.82) is 0 Å². The quantitative estimate of drug-likeness (QED) is 0.751. The molecule has 112 valence electrons. The molecule has 19 heavy (non-hydrogen) atoms. The van der Waals surface area contributed by atoms with Crippen LogP contribution < -0.4 is 5.32 Å². The molecule has 1 fully saturated rings. The SMILES string of the molecule is CC(C)=CCN1CCC(NC(C)CS(C)(=O)=O)CC1. The average molecular weight is 288 g/mol. The molecule has 0 aromatic heterocycles. The first-order valence-corrected chi connectivity index (χ1v) is 9.12. The molecule has 1 aliphatic heterocycles. The van der Waals surface area contributed by atoms with E-state index in [1.54, 1.807) is 0 Å². The van der Waals surface area contributed by atoms with Gasteiger partial charge in [-0.3, -0.25) is 4.90 Å². The number of piperidine rings is 1. The van der Waals surface area contributed by atoms with Crippen molar-refractivity contribution in [2.45, 2.75) is 45.7 Å². The number of hydrogen-bond acceptors (Lipinski definition) is 4. The van der Waals surface area contributed by atoms with Crippen molar-refractivity contribution in [2.24, 2.45) is 0 Å². The highest BCUT2D eigenvalue weighted by Gasteiger charge is 2.20. The predicted octanol–water partition coefficient (Wildman–Crippen LogP) is 1.44. The van der Waals surface area contributed by atoms with Crippen molar-refractivity contribution in [3.05, 3.63) is 11.6 Å². The van der Waals surface area contributed by atoms with Gasteiger partial charge in [0.1, 0.15) is 9.84 Å². The monoisotopic (exact) mass is 288 g/mol. The fourth-order valence-electron chi connectivity index (χ4n) is 2.50. The van der Waals surface area contributed by atoms with Crippen LogP contribution in [0.2, 0.25) is 0 Å². The molecule has 1 rings (SSSR count). The summed E-state index contributed by atoms with van der Waals surface area (Å²) in [6.45, 7) is 9.42. The number of likely N-dealkylation sites (tertiary alicyclic amines) is 1. The molecule has 0 bridgehead atoms. The van der Waals surface area contributed by atoms with Crippen LogP contribution in [0.1, 0.15) is 33.6 Å². The summed E-state index contributed by atoms with van der Waals surface area (Å²) in [5, 5.41) is 3.44. The molecule has 0 aromatic rings. The fourth-order valence-corrected chi connectivity index (χ4v) is 3.50. The van der Waals surface area contributed by atoms with Crippen LogP contribution in [-0.4, -0.2) is 57.0 Å². The highest BCUT2D eigenvalue weighted by molar-refractivity contribution is 7.90. The first-order chi connectivity index (χ1) is 8.76. The van der Waals surface area contributed by atoms with Crippen LogP contribution in [0.3, 0.4) is 0 Å². The lowest BCUT2D eigenvalue weighted by molar-refractivity contribution is 0.210. The summed E-state index contributed by atoms with van der Waals surface area (Å²) in [6, 6.07) is 0.504. The predicted molar refractivity (Wildman–Crippen MR) is 81.2 cm³/mol. The minimum atomic E-state index is -2.88. The van der Waals surface area contributed by atoms with E-state index in [9.17, 15) is 8.42 Å². The van der Waals surface area contributed by atoms with E-state index >= 15 is 0 Å². The minimum Gasteiger partial charge on any atom is -0.310 e. The Bertz CT molecular complexity index is 392. The molecule has 1 heterocycles. The summed E-state index contributed by atoms with van der Waals surface area (Å²) in [4.78, 5) is 2.45. The lowest BCUT2D eigenvalue weighted by Crippen LogP contribution is -2.47. The molecular formula is C14H28N2O2S. The standard InChI is InChI=1S/C14H28N2O2S/c1-12(2)5-8-16-9-6-14(7-10-16)15-13(3)11-19(4,17)18/h5,13-15H,6-11H2,1-4H3. The van der Waals surface area contributed by atoms with Gasteiger partial charge in [0.15, 0.2) is 0 Å². The Hall–Kier alpha value is -0.390. The van der Waals surface area contributed by atoms with Gasteiger partial charge in [0.25, 0.3) is 0 Å². The number of rotatable bonds is 6. The average Bonchev–Trinajstić information content (AvgIpc) is 2.25. The number of nitrogens with zero attached hydrogens (tertiary/aromatic N) is 1. The van der Waals surface area contributed by atoms with Gasteiger partial charge in [-0.2, -0.15) is 0 Å². The first kappa shape index (κ1) is 16.7. The summed E-state index contributed by atoms with van der Waals surface area (Å²) in [7, 11) is -2.88. The van der Waals surface area contributed by atoms with E-state index in [-0.39, 0.29) is 11.8 Å². The third-order valence-corrected chi connectivity index (χ3v) is 4.52. The Morgan fingerprint density at radius 2 is 1.95 bits per heavy atom. The van der Waals surface area contributed by atoms with Crippen molar-refractivity contribution in [3.63, 3.8) is 0 Å². The van der Waals surface area contributed by atoms with Crippen LogP contribution in [-0.2, 0) is 9.84 Å². The van der Waals surface area contributed by atoms with Crippen molar-refractivity contribution < 1.29 is 8.42 Å². The van der Waals surface area contributed by atoms with Crippen molar-refractivity contribution in [1.82, 2.24) is 10.2 Å². The van der Waals surface area contributed by atoms with E-state index in [2.05, 4.69) is 30.1 Å². The van der Waals surface area contributed by atoms with E-state index in [0.29, 0.717) is 6.04 Å². The Labute approximate surface area is 118 Å². The van der Waals surface area contributed by atoms with Gasteiger partial charge in [-0.15, -0.1) is 0 Å². The lowest BCUT2D eigenvalue weighted by atomic mass is 10.0. The summed E-state index contributed by atoms with van der Waals surface area (Å²) >= 11 is 0. The van der Waals surface area contributed by atoms with Crippen LogP contribution in [0.5, 0.6) is 0 Å². The number of sulfone groups is 1. The maximum atomic E-state index is 11.2. The number of allylic oxidation sites excluding steroid dienone is 1. The van der Waals surface area contributed by atoms with Gasteiger partial charge >= 0.3 is 0 Å². The third kappa shape index (κ3) is 7.70. The second-order valence-electron chi connectivity index (χ2n) is 6.02. The maximum absolute atomic E-state index is 11.2. The molecule has 1 N–H and O–H groups in total. The van der Waals surface area contributed by atoms with E-state index in [4.69, 9.17) is 0 Å². The number of nitrogens with one attached hydrogen (secondary N) is 1. The molecule has 1 unspecified atom stereocenters. The molecule has 1 atom stereocenters. The molecule has 1 saturated heterocycles. The molecule has 0 radical (unpaired) electrons. The molecule has 0 aromatic carbocycles. The van der Waals surface area contributed by atoms with Crippen LogP contribution >= 0.6 is 0 Å². The second kappa shape index (κ2) is 7.41. The van der Waals surface area contributed by atoms with Crippen molar-refractivity contribution in [2.75, 3.05) is 31.6 Å². The zero-order valence-electron chi connectivity index (χ0n) is 12.6. The Kier molecular flexibility index (Phi) is 6.50. The highest BCUT2D eigenvalue weighted by Crippen LogP contribution is 2.11. The summed E-state index contributed by atoms with van der Waals surface area (Å²) in [6.07, 6.45) is 5.77. The van der Waals surface area contributed by atoms with E-state index in [1.807, 2.05) is 6.92 Å². The molecular weight excluding hydrogens is 260 g/mol. The third-order valence-electron chi connectivity index (χ3n) is 3.42. The molecule has 0 saturated carbocycles. The summed E-state index contributed by atoms with van der Waals surface area (Å²) in [5.41, 5.74) is 1.36. The van der Waals surface area contributed by atoms with E-state index in [0.717, 1.165) is 32.5 Å². The van der Waals surface area contributed by atoms with Gasteiger partial charge in [0.2, 0.25) is 0 Å². The zero-order chi connectivity index (χ0) is 14.5. The van der Waals surface area contributed by atoms with Gasteiger partial charge in [-0.25, -0.2) is 8.42 Å². The van der Waals surface area contributed by atoms with Crippen LogP contribution in [0.15, 0.2) is 11.6 Å². The van der Waals surface area contributed by atoms with Gasteiger partial charge < -0.3 is 5.32 Å². The Morgan fingerprint density at radius 1 is 1.37 bits per heavy atom. The minimum absolute atomic E-state index is 0.0457. The molecule has 1 aliphatic rings. The second-order valence-corrected chi connectivity index (χ2v) is 8.20. The molecule has 0 amide bonds. The zero-order valence-corrected chi connectivity index (χ0v) is 13.5. The largest absolute Gasteiger partial charge is 0.310 e. The van der Waals surface area contributed by atoms with Crippen molar-refractivity contribution in [3.8, 4) is 0 Å². The van der Waals surface area contributed by atoms with Crippen LogP contribution in [0.4, 0.5) is 0 Å². The summed E-state index contributed by atoms with van der Waals surface area (Å²) < 4.78 is 22.5. The van der Waals surface area contributed by atoms with Gasteiger partial charge in [-0.1, -0.05) is 11.6 Å². The first-order valence-electron chi connectivity index (χ1n) is 7.06. The van der Waals surface area contributed by atoms with Gasteiger partial charge in [-0.05, 0) is 46.7 Å². The van der Waals surface area contributed by atoms with Crippen LogP contribution in [0, 0.1) is 0 Å². The van der Waals surface area contributed by atoms with Crippen molar-refractivity contribution >= 4 is 9.84 Å². The topological polar surface area (TPSA) is 49.4 Å². The van der Waals surface area contributed by atoms with E-state index < -0.39 is 9.84 Å². The number of hydrogen-bond donors (Lipinski definition) is 1. The normalized spacial score (nSPS) is 20.2. The highest BCUT2D eigenvalue weighted by atomic mass is 32.2. The molecule has 0 aliphatic carbocycles. The smallest absolute Gasteiger partial charge is 0.148 e. The van der Waals surface area contributed by atoms with Crippen LogP contribution in [0.25, 0.3) is 0 Å². The van der Waals surface area contributed by atoms with E-state index in [1.165, 1.54) is 11.8 Å². The van der Waals surface area contributed by atoms with Gasteiger partial charge in [0, 0.05) is 24.9 Å². The Morgan fingerprint density at radius 3 is 2.42 bits per heavy atom. The summed E-state index contributed by atoms with van der Waals surface area (Å²) in [5.74, 6) is 0.227. The fraction of sp³-hybridized carbons (Fsp3) is 0.857. The molecule has 0 spiro atoms. The van der Waals surface area contributed by atoms with Gasteiger partial charge in [0.05, 0.1) is 5.75 Å². The lowest BCUT2D eigenvalue weighted by Gasteiger charge is -2.33. The molecule has 4 nitrogen and oxygen atoms in total. The molecule has 5 heteroatoms. The maximum Gasteiger partial charge on any atom is 0.148 e.